The SMILES string of the molecule is CC(C)C1(OOC(C)(C)C)C=CC=C(OOC(C)(C)C)C1. The van der Waals surface area contributed by atoms with Crippen LogP contribution in [0.1, 0.15) is 61.8 Å². The van der Waals surface area contributed by atoms with Crippen LogP contribution in [-0.2, 0) is 19.6 Å². The summed E-state index contributed by atoms with van der Waals surface area (Å²) >= 11 is 0. The zero-order valence-corrected chi connectivity index (χ0v) is 14.6. The van der Waals surface area contributed by atoms with Crippen molar-refractivity contribution in [3.8, 4) is 0 Å². The molecule has 0 saturated heterocycles. The first-order chi connectivity index (χ1) is 9.44. The summed E-state index contributed by atoms with van der Waals surface area (Å²) in [5, 5.41) is 0. The van der Waals surface area contributed by atoms with Crippen LogP contribution in [0.15, 0.2) is 24.0 Å². The van der Waals surface area contributed by atoms with Crippen molar-refractivity contribution in [1.82, 2.24) is 0 Å². The zero-order valence-electron chi connectivity index (χ0n) is 14.6. The topological polar surface area (TPSA) is 36.9 Å². The number of allylic oxidation sites excluding steroid dienone is 2. The molecule has 122 valence electrons. The van der Waals surface area contributed by atoms with E-state index in [2.05, 4.69) is 13.8 Å². The summed E-state index contributed by atoms with van der Waals surface area (Å²) in [6.07, 6.45) is 6.42. The van der Waals surface area contributed by atoms with E-state index in [0.29, 0.717) is 6.42 Å². The molecule has 0 bridgehead atoms. The summed E-state index contributed by atoms with van der Waals surface area (Å²) in [4.78, 5) is 22.2. The molecule has 0 aromatic carbocycles. The fourth-order valence-electron chi connectivity index (χ4n) is 1.70. The molecule has 0 radical (unpaired) electrons. The maximum atomic E-state index is 5.80. The highest BCUT2D eigenvalue weighted by Gasteiger charge is 2.39. The maximum absolute atomic E-state index is 5.80. The van der Waals surface area contributed by atoms with E-state index in [1.165, 1.54) is 0 Å². The Morgan fingerprint density at radius 2 is 1.57 bits per heavy atom. The molecular formula is C17H30O4. The Balaban J connectivity index is 2.75. The molecule has 1 atom stereocenters. The van der Waals surface area contributed by atoms with Gasteiger partial charge in [-0.1, -0.05) is 19.9 Å². The van der Waals surface area contributed by atoms with Crippen molar-refractivity contribution in [2.24, 2.45) is 5.92 Å². The zero-order chi connectivity index (χ0) is 16.3. The maximum Gasteiger partial charge on any atom is 0.145 e. The molecule has 1 aliphatic rings. The van der Waals surface area contributed by atoms with E-state index >= 15 is 0 Å². The van der Waals surface area contributed by atoms with E-state index in [4.69, 9.17) is 19.6 Å². The molecule has 1 rings (SSSR count). The molecule has 0 heterocycles. The summed E-state index contributed by atoms with van der Waals surface area (Å²) in [5.41, 5.74) is -1.26. The lowest BCUT2D eigenvalue weighted by atomic mass is 9.84. The molecule has 4 nitrogen and oxygen atoms in total. The molecule has 0 aliphatic heterocycles. The van der Waals surface area contributed by atoms with Crippen molar-refractivity contribution in [3.05, 3.63) is 24.0 Å². The van der Waals surface area contributed by atoms with Gasteiger partial charge >= 0.3 is 0 Å². The van der Waals surface area contributed by atoms with Gasteiger partial charge in [0.05, 0.1) is 5.60 Å². The van der Waals surface area contributed by atoms with Gasteiger partial charge in [-0.2, -0.15) is 4.89 Å². The van der Waals surface area contributed by atoms with Gasteiger partial charge in [-0.25, -0.2) is 9.78 Å². The van der Waals surface area contributed by atoms with E-state index < -0.39 is 5.60 Å². The molecule has 1 unspecified atom stereocenters. The van der Waals surface area contributed by atoms with Crippen LogP contribution in [0, 0.1) is 5.92 Å². The average molecular weight is 298 g/mol. The summed E-state index contributed by atoms with van der Waals surface area (Å²) in [5.74, 6) is 0.969. The molecule has 21 heavy (non-hydrogen) atoms. The normalized spacial score (nSPS) is 23.4. The highest BCUT2D eigenvalue weighted by molar-refractivity contribution is 5.22. The smallest absolute Gasteiger partial charge is 0.145 e. The Labute approximate surface area is 129 Å². The van der Waals surface area contributed by atoms with E-state index in [1.54, 1.807) is 0 Å². The van der Waals surface area contributed by atoms with Crippen LogP contribution < -0.4 is 0 Å². The molecule has 0 N–H and O–H groups in total. The second-order valence-electron chi connectivity index (χ2n) is 7.84. The van der Waals surface area contributed by atoms with Crippen molar-refractivity contribution < 1.29 is 19.6 Å². The van der Waals surface area contributed by atoms with E-state index in [0.717, 1.165) is 5.76 Å². The largest absolute Gasteiger partial charge is 0.341 e. The predicted molar refractivity (Wildman–Crippen MR) is 83.3 cm³/mol. The van der Waals surface area contributed by atoms with Crippen molar-refractivity contribution in [1.29, 1.82) is 0 Å². The third kappa shape index (κ3) is 6.20. The van der Waals surface area contributed by atoms with Crippen molar-refractivity contribution in [2.75, 3.05) is 0 Å². The van der Waals surface area contributed by atoms with Crippen LogP contribution in [0.2, 0.25) is 0 Å². The molecule has 0 fully saturated rings. The first-order valence-corrected chi connectivity index (χ1v) is 7.54. The van der Waals surface area contributed by atoms with Crippen LogP contribution in [0.5, 0.6) is 0 Å². The first kappa shape index (κ1) is 18.2. The summed E-state index contributed by atoms with van der Waals surface area (Å²) < 4.78 is 0. The fourth-order valence-corrected chi connectivity index (χ4v) is 1.70. The van der Waals surface area contributed by atoms with Crippen molar-refractivity contribution >= 4 is 0 Å². The number of hydrogen-bond acceptors (Lipinski definition) is 4. The van der Waals surface area contributed by atoms with Gasteiger partial charge in [-0.05, 0) is 59.6 Å². The number of rotatable bonds is 5. The molecule has 1 aliphatic carbocycles. The van der Waals surface area contributed by atoms with E-state index in [-0.39, 0.29) is 17.1 Å². The monoisotopic (exact) mass is 298 g/mol. The fraction of sp³-hybridized carbons (Fsp3) is 0.765. The van der Waals surface area contributed by atoms with Crippen molar-refractivity contribution in [3.63, 3.8) is 0 Å². The average Bonchev–Trinajstić information content (AvgIpc) is 2.32. The van der Waals surface area contributed by atoms with Gasteiger partial charge in [0.25, 0.3) is 0 Å². The molecular weight excluding hydrogens is 268 g/mol. The van der Waals surface area contributed by atoms with Gasteiger partial charge in [0.2, 0.25) is 0 Å². The molecule has 0 aromatic heterocycles. The van der Waals surface area contributed by atoms with Gasteiger partial charge in [0.15, 0.2) is 0 Å². The summed E-state index contributed by atoms with van der Waals surface area (Å²) in [6, 6.07) is 0. The van der Waals surface area contributed by atoms with Crippen LogP contribution in [0.3, 0.4) is 0 Å². The Morgan fingerprint density at radius 1 is 1.00 bits per heavy atom. The molecule has 0 spiro atoms. The highest BCUT2D eigenvalue weighted by atomic mass is 17.2. The minimum atomic E-state index is -0.543. The summed E-state index contributed by atoms with van der Waals surface area (Å²) in [7, 11) is 0. The molecule has 0 aromatic rings. The number of hydrogen-bond donors (Lipinski definition) is 0. The van der Waals surface area contributed by atoms with Crippen LogP contribution in [0.4, 0.5) is 0 Å². The third-order valence-electron chi connectivity index (χ3n) is 2.93. The lowest BCUT2D eigenvalue weighted by Crippen LogP contribution is -2.41. The second kappa shape index (κ2) is 6.51. The Morgan fingerprint density at radius 3 is 2.05 bits per heavy atom. The molecule has 0 saturated carbocycles. The van der Waals surface area contributed by atoms with Crippen LogP contribution in [-0.4, -0.2) is 16.8 Å². The Kier molecular flexibility index (Phi) is 5.64. The predicted octanol–water partition coefficient (Wildman–Crippen LogP) is 4.72. The third-order valence-corrected chi connectivity index (χ3v) is 2.93. The Hall–Kier alpha value is -0.840. The second-order valence-corrected chi connectivity index (χ2v) is 7.84. The lowest BCUT2D eigenvalue weighted by molar-refractivity contribution is -0.405. The minimum Gasteiger partial charge on any atom is -0.341 e. The van der Waals surface area contributed by atoms with Gasteiger partial charge in [-0.15, -0.1) is 0 Å². The molecule has 0 amide bonds. The van der Waals surface area contributed by atoms with Gasteiger partial charge < -0.3 is 4.89 Å². The van der Waals surface area contributed by atoms with Crippen LogP contribution in [0.25, 0.3) is 0 Å². The quantitative estimate of drug-likeness (QED) is 0.543. The summed E-state index contributed by atoms with van der Waals surface area (Å²) in [6.45, 7) is 15.9. The van der Waals surface area contributed by atoms with Gasteiger partial charge in [-0.3, -0.25) is 0 Å². The van der Waals surface area contributed by atoms with Gasteiger partial charge in [0, 0.05) is 6.42 Å². The standard InChI is InChI=1S/C17H30O4/c1-13(2)17(21-20-16(6,7)8)11-9-10-14(12-17)18-19-15(3,4)5/h9-11,13H,12H2,1-8H3. The van der Waals surface area contributed by atoms with Crippen LogP contribution >= 0.6 is 0 Å². The first-order valence-electron chi connectivity index (χ1n) is 7.54. The van der Waals surface area contributed by atoms with Crippen molar-refractivity contribution in [2.45, 2.75) is 78.6 Å². The Bertz CT molecular complexity index is 396. The lowest BCUT2D eigenvalue weighted by Gasteiger charge is -2.37. The highest BCUT2D eigenvalue weighted by Crippen LogP contribution is 2.36. The van der Waals surface area contributed by atoms with Gasteiger partial charge in [0.1, 0.15) is 17.0 Å². The minimum absolute atomic E-state index is 0.234. The molecule has 4 heteroatoms. The van der Waals surface area contributed by atoms with E-state index in [9.17, 15) is 0 Å². The van der Waals surface area contributed by atoms with E-state index in [1.807, 2.05) is 59.8 Å².